The molecule has 0 spiro atoms. The lowest BCUT2D eigenvalue weighted by molar-refractivity contribution is -0.130. The van der Waals surface area contributed by atoms with Crippen LogP contribution < -0.4 is 0 Å². The number of benzene rings is 2. The zero-order valence-corrected chi connectivity index (χ0v) is 16.2. The van der Waals surface area contributed by atoms with Crippen molar-refractivity contribution in [2.75, 3.05) is 0 Å². The first kappa shape index (κ1) is 19.2. The molecule has 1 saturated heterocycles. The Labute approximate surface area is 167 Å². The first-order valence-electron chi connectivity index (χ1n) is 9.59. The van der Waals surface area contributed by atoms with E-state index < -0.39 is 17.7 Å². The highest BCUT2D eigenvalue weighted by molar-refractivity contribution is 5.78. The van der Waals surface area contributed by atoms with Crippen LogP contribution in [0.3, 0.4) is 0 Å². The van der Waals surface area contributed by atoms with Gasteiger partial charge in [-0.15, -0.1) is 0 Å². The van der Waals surface area contributed by atoms with Gasteiger partial charge in [-0.25, -0.2) is 8.78 Å². The molecule has 1 aliphatic heterocycles. The van der Waals surface area contributed by atoms with Gasteiger partial charge in [0.05, 0.1) is 0 Å². The zero-order valence-electron chi connectivity index (χ0n) is 16.2. The molecule has 1 unspecified atom stereocenters. The summed E-state index contributed by atoms with van der Waals surface area (Å²) in [7, 11) is 0. The predicted molar refractivity (Wildman–Crippen MR) is 103 cm³/mol. The Morgan fingerprint density at radius 2 is 1.93 bits per heavy atom. The van der Waals surface area contributed by atoms with Gasteiger partial charge in [0.15, 0.2) is 0 Å². The first-order valence-corrected chi connectivity index (χ1v) is 9.59. The largest absolute Gasteiger partial charge is 0.337 e. The molecule has 0 N–H and O–H groups in total. The highest BCUT2D eigenvalue weighted by Crippen LogP contribution is 2.34. The maximum atomic E-state index is 14.0. The quantitative estimate of drug-likeness (QED) is 0.608. The van der Waals surface area contributed by atoms with E-state index in [2.05, 4.69) is 24.0 Å². The van der Waals surface area contributed by atoms with Gasteiger partial charge < -0.3 is 9.42 Å². The third-order valence-corrected chi connectivity index (χ3v) is 5.24. The molecule has 150 valence electrons. The molecule has 0 bridgehead atoms. The number of hydrogen-bond acceptors (Lipinski definition) is 4. The fraction of sp³-hybridized carbons (Fsp3) is 0.318. The van der Waals surface area contributed by atoms with Gasteiger partial charge in [0.25, 0.3) is 0 Å². The Morgan fingerprint density at radius 1 is 1.17 bits per heavy atom. The third kappa shape index (κ3) is 3.90. The maximum absolute atomic E-state index is 14.0. The molecule has 2 aromatic carbocycles. The zero-order chi connectivity index (χ0) is 20.5. The standard InChI is InChI=1S/C22H21F2N3O2/c1-13(2)14-3-5-15(6-4-14)21-25-22(29-26-21)19-9-10-20(28)27(19)12-16-11-17(23)7-8-18(16)24/h3-8,11,13,19H,9-10,12H2,1-2H3. The average molecular weight is 397 g/mol. The predicted octanol–water partition coefficient (Wildman–Crippen LogP) is 5.00. The molecule has 0 radical (unpaired) electrons. The molecule has 1 aliphatic rings. The van der Waals surface area contributed by atoms with Gasteiger partial charge in [-0.1, -0.05) is 43.3 Å². The lowest BCUT2D eigenvalue weighted by atomic mass is 10.0. The number of nitrogens with zero attached hydrogens (tertiary/aromatic N) is 3. The highest BCUT2D eigenvalue weighted by Gasteiger charge is 2.36. The first-order chi connectivity index (χ1) is 13.9. The van der Waals surface area contributed by atoms with E-state index in [0.29, 0.717) is 30.5 Å². The fourth-order valence-corrected chi connectivity index (χ4v) is 3.54. The van der Waals surface area contributed by atoms with Crippen molar-refractivity contribution >= 4 is 5.91 Å². The highest BCUT2D eigenvalue weighted by atomic mass is 19.1. The molecule has 7 heteroatoms. The number of hydrogen-bond donors (Lipinski definition) is 0. The van der Waals surface area contributed by atoms with Crippen molar-refractivity contribution in [1.82, 2.24) is 15.0 Å². The Balaban J connectivity index is 1.57. The molecule has 2 heterocycles. The number of carbonyl (C=O) groups is 1. The average Bonchev–Trinajstić information content (AvgIpc) is 3.32. The van der Waals surface area contributed by atoms with E-state index in [9.17, 15) is 13.6 Å². The summed E-state index contributed by atoms with van der Waals surface area (Å²) >= 11 is 0. The van der Waals surface area contributed by atoms with E-state index in [1.807, 2.05) is 24.3 Å². The summed E-state index contributed by atoms with van der Waals surface area (Å²) in [5.41, 5.74) is 2.15. The van der Waals surface area contributed by atoms with Gasteiger partial charge >= 0.3 is 0 Å². The van der Waals surface area contributed by atoms with E-state index in [4.69, 9.17) is 4.52 Å². The minimum absolute atomic E-state index is 0.0477. The van der Waals surface area contributed by atoms with E-state index in [0.717, 1.165) is 23.8 Å². The molecule has 4 rings (SSSR count). The molecular weight excluding hydrogens is 376 g/mol. The van der Waals surface area contributed by atoms with Crippen molar-refractivity contribution in [3.63, 3.8) is 0 Å². The minimum Gasteiger partial charge on any atom is -0.337 e. The van der Waals surface area contributed by atoms with Crippen molar-refractivity contribution in [2.45, 2.75) is 45.2 Å². The van der Waals surface area contributed by atoms with Crippen molar-refractivity contribution in [3.05, 3.63) is 71.1 Å². The number of amides is 1. The number of rotatable bonds is 5. The van der Waals surface area contributed by atoms with Crippen LogP contribution in [-0.2, 0) is 11.3 Å². The Hall–Kier alpha value is -3.09. The smallest absolute Gasteiger partial charge is 0.249 e. The molecule has 0 saturated carbocycles. The summed E-state index contributed by atoms with van der Waals surface area (Å²) in [6.07, 6.45) is 0.784. The van der Waals surface area contributed by atoms with Crippen molar-refractivity contribution in [1.29, 1.82) is 0 Å². The lowest BCUT2D eigenvalue weighted by Crippen LogP contribution is -2.27. The summed E-state index contributed by atoms with van der Waals surface area (Å²) < 4.78 is 33.0. The van der Waals surface area contributed by atoms with Crippen molar-refractivity contribution in [2.24, 2.45) is 0 Å². The number of carbonyl (C=O) groups excluding carboxylic acids is 1. The second-order valence-electron chi connectivity index (χ2n) is 7.54. The van der Waals surface area contributed by atoms with Crippen molar-refractivity contribution < 1.29 is 18.1 Å². The maximum Gasteiger partial charge on any atom is 0.249 e. The van der Waals surface area contributed by atoms with Crippen LogP contribution in [0.15, 0.2) is 47.0 Å². The van der Waals surface area contributed by atoms with Gasteiger partial charge in [-0.3, -0.25) is 4.79 Å². The molecule has 29 heavy (non-hydrogen) atoms. The topological polar surface area (TPSA) is 59.2 Å². The lowest BCUT2D eigenvalue weighted by Gasteiger charge is -2.22. The fourth-order valence-electron chi connectivity index (χ4n) is 3.54. The molecule has 1 atom stereocenters. The van der Waals surface area contributed by atoms with E-state index in [1.165, 1.54) is 10.5 Å². The van der Waals surface area contributed by atoms with E-state index >= 15 is 0 Å². The second-order valence-corrected chi connectivity index (χ2v) is 7.54. The van der Waals surface area contributed by atoms with Gasteiger partial charge in [-0.2, -0.15) is 4.98 Å². The Morgan fingerprint density at radius 3 is 2.66 bits per heavy atom. The number of aromatic nitrogens is 2. The SMILES string of the molecule is CC(C)c1ccc(-c2noc(C3CCC(=O)N3Cc3cc(F)ccc3F)n2)cc1. The summed E-state index contributed by atoms with van der Waals surface area (Å²) in [5.74, 6) is -0.0937. The van der Waals surface area contributed by atoms with Crippen LogP contribution in [0.25, 0.3) is 11.4 Å². The summed E-state index contributed by atoms with van der Waals surface area (Å²) in [6.45, 7) is 4.19. The molecule has 1 amide bonds. The second kappa shape index (κ2) is 7.73. The van der Waals surface area contributed by atoms with E-state index in [1.54, 1.807) is 0 Å². The molecule has 0 aliphatic carbocycles. The summed E-state index contributed by atoms with van der Waals surface area (Å²) in [5, 5.41) is 4.05. The van der Waals surface area contributed by atoms with Gasteiger partial charge in [0.1, 0.15) is 17.7 Å². The summed E-state index contributed by atoms with van der Waals surface area (Å²) in [4.78, 5) is 18.3. The minimum atomic E-state index is -0.554. The Kier molecular flexibility index (Phi) is 5.13. The number of likely N-dealkylation sites (tertiary alicyclic amines) is 1. The Bertz CT molecular complexity index is 1030. The van der Waals surface area contributed by atoms with Gasteiger partial charge in [0, 0.05) is 24.1 Å². The van der Waals surface area contributed by atoms with Crippen LogP contribution in [0.4, 0.5) is 8.78 Å². The van der Waals surface area contributed by atoms with Crippen LogP contribution in [0, 0.1) is 11.6 Å². The van der Waals surface area contributed by atoms with Crippen LogP contribution in [-0.4, -0.2) is 20.9 Å². The van der Waals surface area contributed by atoms with Crippen LogP contribution in [0.1, 0.15) is 55.7 Å². The van der Waals surface area contributed by atoms with Crippen LogP contribution >= 0.6 is 0 Å². The van der Waals surface area contributed by atoms with E-state index in [-0.39, 0.29) is 18.0 Å². The molecule has 3 aromatic rings. The van der Waals surface area contributed by atoms with Gasteiger partial charge in [0.2, 0.25) is 17.6 Å². The molecule has 1 fully saturated rings. The van der Waals surface area contributed by atoms with Crippen LogP contribution in [0.2, 0.25) is 0 Å². The van der Waals surface area contributed by atoms with Gasteiger partial charge in [-0.05, 0) is 36.1 Å². The molecule has 5 nitrogen and oxygen atoms in total. The normalized spacial score (nSPS) is 16.8. The molecular formula is C22H21F2N3O2. The van der Waals surface area contributed by atoms with Crippen molar-refractivity contribution in [3.8, 4) is 11.4 Å². The number of halogens is 2. The molecule has 1 aromatic heterocycles. The monoisotopic (exact) mass is 397 g/mol. The van der Waals surface area contributed by atoms with Crippen LogP contribution in [0.5, 0.6) is 0 Å². The summed E-state index contributed by atoms with van der Waals surface area (Å²) in [6, 6.07) is 10.7. The third-order valence-electron chi connectivity index (χ3n) is 5.24.